The second-order valence-electron chi connectivity index (χ2n) is 9.14. The van der Waals surface area contributed by atoms with E-state index in [0.29, 0.717) is 19.6 Å². The van der Waals surface area contributed by atoms with E-state index in [1.54, 1.807) is 19.3 Å². The second-order valence-corrected chi connectivity index (χ2v) is 11.1. The number of rotatable bonds is 5. The van der Waals surface area contributed by atoms with E-state index >= 15 is 0 Å². The number of benzene rings is 1. The number of anilines is 1. The van der Waals surface area contributed by atoms with Gasteiger partial charge in [0.15, 0.2) is 0 Å². The largest absolute Gasteiger partial charge is 0.332 e. The van der Waals surface area contributed by atoms with E-state index < -0.39 is 21.3 Å². The molecule has 32 heavy (non-hydrogen) atoms. The standard InChI is InChI=1S/C23H28N4O4S/c1-26-9-8-15(10-21(26)28)12-27-13-18(14-27)32(30,31)25-23(29)24-22-19-6-2-4-16(19)11-17-5-3-7-20(17)22/h8-11,18H,2-7,12-14H2,1H3,(H2,24,25,29). The molecule has 0 unspecified atom stereocenters. The summed E-state index contributed by atoms with van der Waals surface area (Å²) >= 11 is 0. The van der Waals surface area contributed by atoms with Gasteiger partial charge < -0.3 is 9.88 Å². The van der Waals surface area contributed by atoms with E-state index in [-0.39, 0.29) is 5.56 Å². The highest BCUT2D eigenvalue weighted by molar-refractivity contribution is 7.90. The molecule has 170 valence electrons. The van der Waals surface area contributed by atoms with Crippen LogP contribution in [0.25, 0.3) is 0 Å². The molecule has 2 aliphatic carbocycles. The Labute approximate surface area is 187 Å². The lowest BCUT2D eigenvalue weighted by Crippen LogP contribution is -2.58. The molecule has 0 atom stereocenters. The van der Waals surface area contributed by atoms with Crippen molar-refractivity contribution in [3.8, 4) is 0 Å². The molecule has 1 fully saturated rings. The number of fused-ring (bicyclic) bond motifs is 2. The molecule has 1 aromatic carbocycles. The molecule has 1 aliphatic heterocycles. The molecule has 2 amide bonds. The number of carbonyl (C=O) groups is 1. The maximum atomic E-state index is 12.7. The minimum absolute atomic E-state index is 0.0931. The first kappa shape index (κ1) is 21.2. The molecule has 2 aromatic rings. The number of pyridine rings is 1. The Morgan fingerprint density at radius 2 is 1.72 bits per heavy atom. The number of amides is 2. The lowest BCUT2D eigenvalue weighted by molar-refractivity contribution is 0.175. The van der Waals surface area contributed by atoms with Crippen molar-refractivity contribution < 1.29 is 13.2 Å². The molecule has 5 rings (SSSR count). The molecular formula is C23H28N4O4S. The summed E-state index contributed by atoms with van der Waals surface area (Å²) < 4.78 is 29.2. The zero-order valence-corrected chi connectivity index (χ0v) is 19.0. The van der Waals surface area contributed by atoms with Crippen LogP contribution in [0, 0.1) is 0 Å². The molecule has 1 aromatic heterocycles. The highest BCUT2D eigenvalue weighted by Crippen LogP contribution is 2.38. The quantitative estimate of drug-likeness (QED) is 0.713. The molecular weight excluding hydrogens is 428 g/mol. The maximum Gasteiger partial charge on any atom is 0.332 e. The van der Waals surface area contributed by atoms with Crippen molar-refractivity contribution >= 4 is 21.7 Å². The normalized spacial score (nSPS) is 18.2. The minimum Gasteiger partial charge on any atom is -0.319 e. The van der Waals surface area contributed by atoms with Crippen LogP contribution in [0.5, 0.6) is 0 Å². The Morgan fingerprint density at radius 3 is 2.34 bits per heavy atom. The summed E-state index contributed by atoms with van der Waals surface area (Å²) in [4.78, 5) is 26.4. The third-order valence-electron chi connectivity index (χ3n) is 6.88. The monoisotopic (exact) mass is 456 g/mol. The Morgan fingerprint density at radius 1 is 1.06 bits per heavy atom. The van der Waals surface area contributed by atoms with Crippen molar-refractivity contribution in [1.29, 1.82) is 0 Å². The van der Waals surface area contributed by atoms with Crippen LogP contribution in [0.3, 0.4) is 0 Å². The van der Waals surface area contributed by atoms with Crippen molar-refractivity contribution in [2.24, 2.45) is 7.05 Å². The number of hydrogen-bond donors (Lipinski definition) is 2. The molecule has 2 heterocycles. The Kier molecular flexibility index (Phi) is 5.33. The fraction of sp³-hybridized carbons (Fsp3) is 0.478. The van der Waals surface area contributed by atoms with Crippen molar-refractivity contribution in [2.75, 3.05) is 18.4 Å². The van der Waals surface area contributed by atoms with Crippen LogP contribution in [0.2, 0.25) is 0 Å². The molecule has 2 N–H and O–H groups in total. The smallest absolute Gasteiger partial charge is 0.319 e. The fourth-order valence-corrected chi connectivity index (χ4v) is 6.40. The summed E-state index contributed by atoms with van der Waals surface area (Å²) in [7, 11) is -2.09. The number of nitrogens with one attached hydrogen (secondary N) is 2. The van der Waals surface area contributed by atoms with Gasteiger partial charge in [0, 0.05) is 44.6 Å². The van der Waals surface area contributed by atoms with Crippen LogP contribution >= 0.6 is 0 Å². The summed E-state index contributed by atoms with van der Waals surface area (Å²) in [6.45, 7) is 1.17. The third kappa shape index (κ3) is 3.95. The van der Waals surface area contributed by atoms with E-state index in [1.807, 2.05) is 11.0 Å². The SMILES string of the molecule is Cn1ccc(CN2CC(S(=O)(=O)NC(=O)Nc3c4c(cc5c3CCC5)CCC4)C2)cc1=O. The first-order chi connectivity index (χ1) is 15.3. The lowest BCUT2D eigenvalue weighted by Gasteiger charge is -2.38. The molecule has 9 heteroatoms. The lowest BCUT2D eigenvalue weighted by atomic mass is 9.99. The average Bonchev–Trinajstić information content (AvgIpc) is 3.35. The van der Waals surface area contributed by atoms with E-state index in [9.17, 15) is 18.0 Å². The molecule has 1 saturated heterocycles. The van der Waals surface area contributed by atoms with Crippen LogP contribution in [0.1, 0.15) is 40.7 Å². The van der Waals surface area contributed by atoms with E-state index in [0.717, 1.165) is 49.8 Å². The van der Waals surface area contributed by atoms with Crippen molar-refractivity contribution in [3.63, 3.8) is 0 Å². The number of carbonyl (C=O) groups excluding carboxylic acids is 1. The van der Waals surface area contributed by atoms with Crippen LogP contribution in [-0.4, -0.2) is 42.3 Å². The molecule has 3 aliphatic rings. The number of urea groups is 1. The Hall–Kier alpha value is -2.65. The number of sulfonamides is 1. The number of likely N-dealkylation sites (tertiary alicyclic amines) is 1. The molecule has 0 bridgehead atoms. The molecule has 0 radical (unpaired) electrons. The third-order valence-corrected chi connectivity index (χ3v) is 8.53. The van der Waals surface area contributed by atoms with Crippen molar-refractivity contribution in [3.05, 3.63) is 62.6 Å². The van der Waals surface area contributed by atoms with Crippen LogP contribution in [-0.2, 0) is 49.3 Å². The van der Waals surface area contributed by atoms with E-state index in [1.165, 1.54) is 26.8 Å². The first-order valence-electron chi connectivity index (χ1n) is 11.2. The number of aryl methyl sites for hydroxylation is 3. The van der Waals surface area contributed by atoms with Crippen LogP contribution < -0.4 is 15.6 Å². The van der Waals surface area contributed by atoms with E-state index in [4.69, 9.17) is 0 Å². The number of nitrogens with zero attached hydrogens (tertiary/aromatic N) is 2. The van der Waals surface area contributed by atoms with Gasteiger partial charge in [-0.3, -0.25) is 9.69 Å². The summed E-state index contributed by atoms with van der Waals surface area (Å²) in [6.07, 6.45) is 7.71. The number of aromatic nitrogens is 1. The topological polar surface area (TPSA) is 101 Å². The highest BCUT2D eigenvalue weighted by Gasteiger charge is 2.38. The van der Waals surface area contributed by atoms with Gasteiger partial charge in [-0.1, -0.05) is 6.07 Å². The second kappa shape index (κ2) is 8.04. The van der Waals surface area contributed by atoms with Gasteiger partial charge in [-0.05, 0) is 72.4 Å². The van der Waals surface area contributed by atoms with Crippen molar-refractivity contribution in [2.45, 2.75) is 50.3 Å². The predicted molar refractivity (Wildman–Crippen MR) is 122 cm³/mol. The van der Waals surface area contributed by atoms with Gasteiger partial charge in [0.25, 0.3) is 5.56 Å². The van der Waals surface area contributed by atoms with E-state index in [2.05, 4.69) is 16.1 Å². The highest BCUT2D eigenvalue weighted by atomic mass is 32.2. The molecule has 8 nitrogen and oxygen atoms in total. The van der Waals surface area contributed by atoms with Gasteiger partial charge in [0.05, 0.1) is 0 Å². The van der Waals surface area contributed by atoms with Gasteiger partial charge >= 0.3 is 6.03 Å². The Balaban J connectivity index is 1.21. The van der Waals surface area contributed by atoms with Crippen LogP contribution in [0.15, 0.2) is 29.2 Å². The van der Waals surface area contributed by atoms with Crippen molar-refractivity contribution in [1.82, 2.24) is 14.2 Å². The maximum absolute atomic E-state index is 12.7. The zero-order chi connectivity index (χ0) is 22.5. The summed E-state index contributed by atoms with van der Waals surface area (Å²) in [5, 5.41) is 2.24. The molecule has 0 spiro atoms. The summed E-state index contributed by atoms with van der Waals surface area (Å²) in [5.74, 6) is 0. The van der Waals surface area contributed by atoms with Gasteiger partial charge in [-0.2, -0.15) is 0 Å². The summed E-state index contributed by atoms with van der Waals surface area (Å²) in [6, 6.07) is 5.01. The van der Waals surface area contributed by atoms with Gasteiger partial charge in [0.1, 0.15) is 5.25 Å². The van der Waals surface area contributed by atoms with Gasteiger partial charge in [-0.15, -0.1) is 0 Å². The first-order valence-corrected chi connectivity index (χ1v) is 12.7. The minimum atomic E-state index is -3.78. The molecule has 0 saturated carbocycles. The van der Waals surface area contributed by atoms with Gasteiger partial charge in [-0.25, -0.2) is 17.9 Å². The number of hydrogen-bond acceptors (Lipinski definition) is 5. The predicted octanol–water partition coefficient (Wildman–Crippen LogP) is 1.70. The Bertz CT molecular complexity index is 1210. The average molecular weight is 457 g/mol. The van der Waals surface area contributed by atoms with Gasteiger partial charge in [0.2, 0.25) is 10.0 Å². The summed E-state index contributed by atoms with van der Waals surface area (Å²) in [5.41, 5.74) is 6.50. The fourth-order valence-electron chi connectivity index (χ4n) is 5.11. The van der Waals surface area contributed by atoms with Crippen LogP contribution in [0.4, 0.5) is 10.5 Å². The zero-order valence-electron chi connectivity index (χ0n) is 18.2.